The number of carbonyl (C=O) groups excluding carboxylic acids is 3. The highest BCUT2D eigenvalue weighted by atomic mass is 16.6. The Hall–Kier alpha value is -4.57. The van der Waals surface area contributed by atoms with E-state index in [1.165, 1.54) is 14.2 Å². The molecule has 0 radical (unpaired) electrons. The molecule has 0 heterocycles. The zero-order chi connectivity index (χ0) is 29.6. The molecule has 0 saturated carbocycles. The summed E-state index contributed by atoms with van der Waals surface area (Å²) in [5.41, 5.74) is 2.01. The van der Waals surface area contributed by atoms with Gasteiger partial charge in [0.2, 0.25) is 5.91 Å². The molecule has 3 aromatic rings. The number of esters is 1. The normalized spacial score (nSPS) is 12.8. The predicted octanol–water partition coefficient (Wildman–Crippen LogP) is 4.06. The highest BCUT2D eigenvalue weighted by Gasteiger charge is 2.26. The third kappa shape index (κ3) is 9.84. The molecule has 0 bridgehead atoms. The number of amides is 2. The second-order valence-corrected chi connectivity index (χ2v) is 9.30. The van der Waals surface area contributed by atoms with Crippen LogP contribution in [0.1, 0.15) is 42.6 Å². The van der Waals surface area contributed by atoms with E-state index in [2.05, 4.69) is 10.6 Å². The number of carbonyl (C=O) groups is 3. The van der Waals surface area contributed by atoms with E-state index in [1.54, 1.807) is 49.4 Å². The Kier molecular flexibility index (Phi) is 12.0. The highest BCUT2D eigenvalue weighted by molar-refractivity contribution is 5.83. The van der Waals surface area contributed by atoms with Crippen LogP contribution in [0, 0.1) is 0 Å². The first-order valence-corrected chi connectivity index (χ1v) is 13.2. The molecule has 0 aliphatic carbocycles. The minimum absolute atomic E-state index is 0.00864. The Morgan fingerprint density at radius 1 is 0.805 bits per heavy atom. The monoisotopic (exact) mass is 564 g/mol. The summed E-state index contributed by atoms with van der Waals surface area (Å²) in [6.45, 7) is 1.67. The van der Waals surface area contributed by atoms with Gasteiger partial charge in [-0.3, -0.25) is 4.79 Å². The molecule has 0 fully saturated rings. The molecule has 0 saturated heterocycles. The molecular formula is C31H36N2O8. The van der Waals surface area contributed by atoms with Crippen molar-refractivity contribution in [3.05, 3.63) is 95.6 Å². The molecule has 10 nitrogen and oxygen atoms in total. The summed E-state index contributed by atoms with van der Waals surface area (Å²) in [6, 6.07) is 21.4. The predicted molar refractivity (Wildman–Crippen MR) is 151 cm³/mol. The van der Waals surface area contributed by atoms with Crippen molar-refractivity contribution in [2.75, 3.05) is 14.2 Å². The van der Waals surface area contributed by atoms with E-state index in [-0.39, 0.29) is 26.1 Å². The van der Waals surface area contributed by atoms with Crippen LogP contribution >= 0.6 is 0 Å². The average Bonchev–Trinajstić information content (AvgIpc) is 3.01. The summed E-state index contributed by atoms with van der Waals surface area (Å²) in [5.74, 6) is -0.162. The van der Waals surface area contributed by atoms with Crippen LogP contribution in [0.4, 0.5) is 4.79 Å². The van der Waals surface area contributed by atoms with Gasteiger partial charge in [-0.25, -0.2) is 9.59 Å². The van der Waals surface area contributed by atoms with Crippen LogP contribution in [0.5, 0.6) is 11.5 Å². The standard InChI is InChI=1S/C31H36N2O8/c1-21(29(35)25-18-24(38-2)14-16-27(25)39-3)32-28(34)17-15-26(30(36)40-19-22-10-6-4-7-11-22)33-31(37)41-20-23-12-8-5-9-13-23/h4-14,16,18,21,26,29,35H,15,17,19-20H2,1-3H3,(H,32,34)(H,33,37)/t21-,26?,29-/m0/s1. The molecular weight excluding hydrogens is 528 g/mol. The van der Waals surface area contributed by atoms with E-state index in [9.17, 15) is 19.5 Å². The molecule has 3 N–H and O–H groups in total. The van der Waals surface area contributed by atoms with Crippen molar-refractivity contribution in [3.8, 4) is 11.5 Å². The summed E-state index contributed by atoms with van der Waals surface area (Å²) < 4.78 is 21.2. The smallest absolute Gasteiger partial charge is 0.408 e. The van der Waals surface area contributed by atoms with Crippen LogP contribution in [0.25, 0.3) is 0 Å². The topological polar surface area (TPSA) is 132 Å². The van der Waals surface area contributed by atoms with Crippen molar-refractivity contribution in [2.45, 2.75) is 51.2 Å². The second kappa shape index (κ2) is 15.9. The van der Waals surface area contributed by atoms with Crippen molar-refractivity contribution in [2.24, 2.45) is 0 Å². The summed E-state index contributed by atoms with van der Waals surface area (Å²) in [4.78, 5) is 38.2. The second-order valence-electron chi connectivity index (χ2n) is 9.30. The Bertz CT molecular complexity index is 1270. The van der Waals surface area contributed by atoms with Gasteiger partial charge in [0.15, 0.2) is 0 Å². The SMILES string of the molecule is COc1ccc(OC)c([C@@H](O)[C@H](C)NC(=O)CCC(NC(=O)OCc2ccccc2)C(=O)OCc2ccccc2)c1. The van der Waals surface area contributed by atoms with E-state index in [0.29, 0.717) is 17.1 Å². The molecule has 0 aliphatic rings. The Labute approximate surface area is 239 Å². The molecule has 0 aliphatic heterocycles. The number of ether oxygens (including phenoxy) is 4. The largest absolute Gasteiger partial charge is 0.497 e. The molecule has 3 atom stereocenters. The van der Waals surface area contributed by atoms with Crippen molar-refractivity contribution in [3.63, 3.8) is 0 Å². The highest BCUT2D eigenvalue weighted by Crippen LogP contribution is 2.31. The number of alkyl carbamates (subject to hydrolysis) is 1. The Morgan fingerprint density at radius 3 is 2.00 bits per heavy atom. The molecule has 2 amide bonds. The van der Waals surface area contributed by atoms with E-state index in [4.69, 9.17) is 18.9 Å². The van der Waals surface area contributed by atoms with Crippen LogP contribution in [-0.4, -0.2) is 49.4 Å². The van der Waals surface area contributed by atoms with Gasteiger partial charge in [-0.15, -0.1) is 0 Å². The van der Waals surface area contributed by atoms with E-state index >= 15 is 0 Å². The number of hydrogen-bond acceptors (Lipinski definition) is 8. The summed E-state index contributed by atoms with van der Waals surface area (Å²) in [6.07, 6.45) is -2.09. The van der Waals surface area contributed by atoms with Gasteiger partial charge in [0.25, 0.3) is 0 Å². The Balaban J connectivity index is 1.60. The fourth-order valence-electron chi connectivity index (χ4n) is 4.01. The van der Waals surface area contributed by atoms with Crippen LogP contribution in [-0.2, 0) is 32.3 Å². The first kappa shape index (κ1) is 31.0. The maximum Gasteiger partial charge on any atom is 0.408 e. The Morgan fingerprint density at radius 2 is 1.41 bits per heavy atom. The number of aliphatic hydroxyl groups is 1. The van der Waals surface area contributed by atoms with Crippen LogP contribution in [0.3, 0.4) is 0 Å². The van der Waals surface area contributed by atoms with Gasteiger partial charge in [-0.1, -0.05) is 60.7 Å². The molecule has 0 aromatic heterocycles. The third-order valence-electron chi connectivity index (χ3n) is 6.29. The van der Waals surface area contributed by atoms with Crippen molar-refractivity contribution >= 4 is 18.0 Å². The van der Waals surface area contributed by atoms with Gasteiger partial charge >= 0.3 is 12.1 Å². The van der Waals surface area contributed by atoms with Gasteiger partial charge in [0, 0.05) is 12.0 Å². The van der Waals surface area contributed by atoms with E-state index in [0.717, 1.165) is 11.1 Å². The minimum Gasteiger partial charge on any atom is -0.497 e. The molecule has 3 aromatic carbocycles. The minimum atomic E-state index is -1.13. The lowest BCUT2D eigenvalue weighted by Crippen LogP contribution is -2.43. The first-order valence-electron chi connectivity index (χ1n) is 13.2. The molecule has 3 rings (SSSR count). The summed E-state index contributed by atoms with van der Waals surface area (Å²) in [7, 11) is 2.99. The van der Waals surface area contributed by atoms with Crippen molar-refractivity contribution in [1.82, 2.24) is 10.6 Å². The maximum absolute atomic E-state index is 12.9. The van der Waals surface area contributed by atoms with Crippen LogP contribution in [0.15, 0.2) is 78.9 Å². The molecule has 218 valence electrons. The van der Waals surface area contributed by atoms with E-state index in [1.807, 2.05) is 36.4 Å². The number of hydrogen-bond donors (Lipinski definition) is 3. The zero-order valence-corrected chi connectivity index (χ0v) is 23.4. The number of rotatable bonds is 14. The number of aliphatic hydroxyl groups excluding tert-OH is 1. The fraction of sp³-hybridized carbons (Fsp3) is 0.323. The molecule has 1 unspecified atom stereocenters. The van der Waals surface area contributed by atoms with Gasteiger partial charge in [0.05, 0.1) is 20.3 Å². The lowest BCUT2D eigenvalue weighted by Gasteiger charge is -2.23. The maximum atomic E-state index is 12.9. The van der Waals surface area contributed by atoms with Gasteiger partial charge in [-0.05, 0) is 42.7 Å². The third-order valence-corrected chi connectivity index (χ3v) is 6.29. The van der Waals surface area contributed by atoms with E-state index < -0.39 is 36.2 Å². The average molecular weight is 565 g/mol. The van der Waals surface area contributed by atoms with Crippen LogP contribution in [0.2, 0.25) is 0 Å². The first-order chi connectivity index (χ1) is 19.8. The van der Waals surface area contributed by atoms with Gasteiger partial charge < -0.3 is 34.7 Å². The van der Waals surface area contributed by atoms with Gasteiger partial charge in [0.1, 0.15) is 36.9 Å². The molecule has 0 spiro atoms. The number of nitrogens with one attached hydrogen (secondary N) is 2. The molecule has 10 heteroatoms. The summed E-state index contributed by atoms with van der Waals surface area (Å²) in [5, 5.41) is 16.1. The number of benzene rings is 3. The zero-order valence-electron chi connectivity index (χ0n) is 23.4. The number of methoxy groups -OCH3 is 2. The van der Waals surface area contributed by atoms with Crippen LogP contribution < -0.4 is 20.1 Å². The molecule has 41 heavy (non-hydrogen) atoms. The lowest BCUT2D eigenvalue weighted by atomic mass is 10.0. The fourth-order valence-corrected chi connectivity index (χ4v) is 4.01. The van der Waals surface area contributed by atoms with Crippen molar-refractivity contribution < 1.29 is 38.4 Å². The lowest BCUT2D eigenvalue weighted by molar-refractivity contribution is -0.147. The summed E-state index contributed by atoms with van der Waals surface area (Å²) >= 11 is 0. The van der Waals surface area contributed by atoms with Gasteiger partial charge in [-0.2, -0.15) is 0 Å². The van der Waals surface area contributed by atoms with Crippen molar-refractivity contribution in [1.29, 1.82) is 0 Å². The quantitative estimate of drug-likeness (QED) is 0.250.